The first-order valence-corrected chi connectivity index (χ1v) is 10.4. The number of hydrogen-bond donors (Lipinski definition) is 0. The van der Waals surface area contributed by atoms with Crippen LogP contribution in [0.4, 0.5) is 0 Å². The first-order chi connectivity index (χ1) is 14.2. The third-order valence-electron chi connectivity index (χ3n) is 5.23. The molecule has 0 spiro atoms. The van der Waals surface area contributed by atoms with Crippen LogP contribution in [0.25, 0.3) is 10.4 Å². The van der Waals surface area contributed by atoms with Crippen LogP contribution in [0.5, 0.6) is 0 Å². The van der Waals surface area contributed by atoms with Crippen molar-refractivity contribution in [1.29, 1.82) is 0 Å². The summed E-state index contributed by atoms with van der Waals surface area (Å²) in [7, 11) is 0. The second-order valence-corrected chi connectivity index (χ2v) is 8.45. The van der Waals surface area contributed by atoms with Gasteiger partial charge in [0.25, 0.3) is 0 Å². The zero-order valence-corrected chi connectivity index (χ0v) is 17.0. The number of aliphatic imine (C=N–C) groups is 1. The van der Waals surface area contributed by atoms with E-state index in [-0.39, 0.29) is 0 Å². The van der Waals surface area contributed by atoms with E-state index in [1.165, 1.54) is 16.0 Å². The molecule has 1 unspecified atom stereocenters. The van der Waals surface area contributed by atoms with Crippen LogP contribution in [-0.4, -0.2) is 22.1 Å². The van der Waals surface area contributed by atoms with Crippen LogP contribution in [0.2, 0.25) is 0 Å². The van der Waals surface area contributed by atoms with Gasteiger partial charge in [0.15, 0.2) is 0 Å². The fourth-order valence-corrected chi connectivity index (χ4v) is 4.60. The number of aromatic nitrogens is 2. The van der Waals surface area contributed by atoms with Crippen molar-refractivity contribution < 1.29 is 4.74 Å². The molecule has 2 aromatic heterocycles. The molecule has 5 heteroatoms. The van der Waals surface area contributed by atoms with Crippen LogP contribution >= 0.6 is 11.3 Å². The molecule has 2 aromatic carbocycles. The van der Waals surface area contributed by atoms with Gasteiger partial charge in [0, 0.05) is 17.3 Å². The minimum atomic E-state index is -0.458. The minimum Gasteiger partial charge on any atom is -0.474 e. The maximum atomic E-state index is 6.16. The number of imidazole rings is 1. The quantitative estimate of drug-likeness (QED) is 0.457. The highest BCUT2D eigenvalue weighted by atomic mass is 32.1. The van der Waals surface area contributed by atoms with Crippen molar-refractivity contribution in [3.05, 3.63) is 101 Å². The van der Waals surface area contributed by atoms with E-state index in [4.69, 9.17) is 9.73 Å². The second kappa shape index (κ2) is 7.33. The van der Waals surface area contributed by atoms with Gasteiger partial charge in [-0.1, -0.05) is 60.2 Å². The lowest BCUT2D eigenvalue weighted by molar-refractivity contribution is 0.236. The maximum Gasteiger partial charge on any atom is 0.227 e. The molecule has 1 atom stereocenters. The summed E-state index contributed by atoms with van der Waals surface area (Å²) < 4.78 is 8.23. The van der Waals surface area contributed by atoms with E-state index in [1.54, 1.807) is 17.5 Å². The normalized spacial score (nSPS) is 18.4. The maximum absolute atomic E-state index is 6.16. The lowest BCUT2D eigenvalue weighted by Gasteiger charge is -2.25. The predicted molar refractivity (Wildman–Crippen MR) is 117 cm³/mol. The molecule has 0 fully saturated rings. The number of rotatable bonds is 5. The predicted octanol–water partition coefficient (Wildman–Crippen LogP) is 5.29. The average Bonchev–Trinajstić information content (AvgIpc) is 3.51. The van der Waals surface area contributed by atoms with Gasteiger partial charge in [-0.15, -0.1) is 11.3 Å². The van der Waals surface area contributed by atoms with Crippen molar-refractivity contribution >= 4 is 17.2 Å². The lowest BCUT2D eigenvalue weighted by Crippen LogP contribution is -2.31. The summed E-state index contributed by atoms with van der Waals surface area (Å²) in [6.07, 6.45) is 5.61. The molecule has 0 radical (unpaired) electrons. The van der Waals surface area contributed by atoms with E-state index in [0.29, 0.717) is 13.2 Å². The molecule has 0 aliphatic carbocycles. The number of hydrogen-bond acceptors (Lipinski definition) is 4. The standard InChI is InChI=1S/C24H21N3OS/c1-18-7-9-20(10-8-18)24(15-27-14-13-25-17-27)16-28-23(26-24)22-12-11-21(29-22)19-5-3-2-4-6-19/h2-14,17H,15-16H2,1H3. The minimum absolute atomic E-state index is 0.458. The van der Waals surface area contributed by atoms with Crippen molar-refractivity contribution in [3.63, 3.8) is 0 Å². The highest BCUT2D eigenvalue weighted by Gasteiger charge is 2.39. The van der Waals surface area contributed by atoms with Gasteiger partial charge < -0.3 is 9.30 Å². The van der Waals surface area contributed by atoms with Crippen LogP contribution in [-0.2, 0) is 16.8 Å². The van der Waals surface area contributed by atoms with Gasteiger partial charge in [-0.05, 0) is 30.2 Å². The summed E-state index contributed by atoms with van der Waals surface area (Å²) in [4.78, 5) is 11.6. The molecule has 0 bridgehead atoms. The van der Waals surface area contributed by atoms with E-state index in [9.17, 15) is 0 Å². The molecule has 0 saturated carbocycles. The fourth-order valence-electron chi connectivity index (χ4n) is 3.65. The number of nitrogens with zero attached hydrogens (tertiary/aromatic N) is 3. The summed E-state index contributed by atoms with van der Waals surface area (Å²) in [5.41, 5.74) is 3.15. The molecule has 0 saturated heterocycles. The summed E-state index contributed by atoms with van der Waals surface area (Å²) in [6, 6.07) is 23.3. The molecule has 3 heterocycles. The first-order valence-electron chi connectivity index (χ1n) is 9.63. The van der Waals surface area contributed by atoms with Crippen LogP contribution < -0.4 is 0 Å². The molecule has 0 N–H and O–H groups in total. The van der Waals surface area contributed by atoms with Gasteiger partial charge in [-0.25, -0.2) is 9.98 Å². The summed E-state index contributed by atoms with van der Waals surface area (Å²) in [5, 5.41) is 0. The van der Waals surface area contributed by atoms with Gasteiger partial charge in [0.05, 0.1) is 17.7 Å². The average molecular weight is 400 g/mol. The molecular weight excluding hydrogens is 378 g/mol. The monoisotopic (exact) mass is 399 g/mol. The Hall–Kier alpha value is -3.18. The van der Waals surface area contributed by atoms with Gasteiger partial charge in [-0.3, -0.25) is 0 Å². The van der Waals surface area contributed by atoms with Crippen LogP contribution in [0.3, 0.4) is 0 Å². The highest BCUT2D eigenvalue weighted by Crippen LogP contribution is 2.37. The Bertz CT molecular complexity index is 1130. The third-order valence-corrected chi connectivity index (χ3v) is 6.35. The number of benzene rings is 2. The molecule has 1 aliphatic rings. The van der Waals surface area contributed by atoms with Gasteiger partial charge in [0.2, 0.25) is 5.90 Å². The van der Waals surface area contributed by atoms with Crippen molar-refractivity contribution in [2.45, 2.75) is 19.0 Å². The Balaban J connectivity index is 1.52. The molecule has 144 valence electrons. The zero-order chi connectivity index (χ0) is 19.7. The first kappa shape index (κ1) is 17.9. The zero-order valence-electron chi connectivity index (χ0n) is 16.2. The molecular formula is C24H21N3OS. The smallest absolute Gasteiger partial charge is 0.227 e. The van der Waals surface area contributed by atoms with Crippen molar-refractivity contribution in [2.24, 2.45) is 4.99 Å². The summed E-state index contributed by atoms with van der Waals surface area (Å²) >= 11 is 1.71. The molecule has 1 aliphatic heterocycles. The van der Waals surface area contributed by atoms with E-state index in [0.717, 1.165) is 16.3 Å². The Morgan fingerprint density at radius 2 is 1.79 bits per heavy atom. The Kier molecular flexibility index (Phi) is 4.52. The van der Waals surface area contributed by atoms with Crippen molar-refractivity contribution in [3.8, 4) is 10.4 Å². The molecule has 4 aromatic rings. The van der Waals surface area contributed by atoms with Crippen molar-refractivity contribution in [1.82, 2.24) is 9.55 Å². The van der Waals surface area contributed by atoms with Gasteiger partial charge in [-0.2, -0.15) is 0 Å². The van der Waals surface area contributed by atoms with E-state index in [1.807, 2.05) is 18.6 Å². The lowest BCUT2D eigenvalue weighted by atomic mass is 9.91. The second-order valence-electron chi connectivity index (χ2n) is 7.37. The molecule has 29 heavy (non-hydrogen) atoms. The number of thiophene rings is 1. The Labute approximate surface area is 174 Å². The third kappa shape index (κ3) is 3.49. The fraction of sp³-hybridized carbons (Fsp3) is 0.167. The summed E-state index contributed by atoms with van der Waals surface area (Å²) in [6.45, 7) is 3.31. The molecule has 5 rings (SSSR count). The summed E-state index contributed by atoms with van der Waals surface area (Å²) in [5.74, 6) is 0.720. The number of aryl methyl sites for hydroxylation is 1. The van der Waals surface area contributed by atoms with E-state index >= 15 is 0 Å². The number of ether oxygens (including phenoxy) is 1. The molecule has 4 nitrogen and oxygen atoms in total. The van der Waals surface area contributed by atoms with Gasteiger partial charge >= 0.3 is 0 Å². The van der Waals surface area contributed by atoms with E-state index < -0.39 is 5.54 Å². The van der Waals surface area contributed by atoms with Crippen LogP contribution in [0.15, 0.2) is 90.4 Å². The molecule has 0 amide bonds. The van der Waals surface area contributed by atoms with Gasteiger partial charge in [0.1, 0.15) is 12.1 Å². The van der Waals surface area contributed by atoms with Crippen molar-refractivity contribution in [2.75, 3.05) is 6.61 Å². The largest absolute Gasteiger partial charge is 0.474 e. The SMILES string of the molecule is Cc1ccc(C2(Cn3ccnc3)COC(c3ccc(-c4ccccc4)s3)=N2)cc1. The Morgan fingerprint density at radius 1 is 1.00 bits per heavy atom. The highest BCUT2D eigenvalue weighted by molar-refractivity contribution is 7.17. The van der Waals surface area contributed by atoms with Crippen LogP contribution in [0, 0.1) is 6.92 Å². The Morgan fingerprint density at radius 3 is 2.55 bits per heavy atom. The van der Waals surface area contributed by atoms with E-state index in [2.05, 4.69) is 77.1 Å². The van der Waals surface area contributed by atoms with Crippen LogP contribution in [0.1, 0.15) is 16.0 Å². The topological polar surface area (TPSA) is 39.4 Å².